The maximum Gasteiger partial charge on any atom is 0.338 e. The molecule has 0 saturated carbocycles. The number of rotatable bonds is 6. The zero-order valence-electron chi connectivity index (χ0n) is 16.4. The third kappa shape index (κ3) is 4.65. The van der Waals surface area contributed by atoms with Gasteiger partial charge in [0.05, 0.1) is 17.6 Å². The van der Waals surface area contributed by atoms with Crippen molar-refractivity contribution in [3.8, 4) is 5.75 Å². The van der Waals surface area contributed by atoms with Crippen LogP contribution < -0.4 is 15.7 Å². The summed E-state index contributed by atoms with van der Waals surface area (Å²) in [5, 5.41) is 5.24. The van der Waals surface area contributed by atoms with Crippen LogP contribution >= 0.6 is 11.3 Å². The van der Waals surface area contributed by atoms with Crippen molar-refractivity contribution in [3.63, 3.8) is 0 Å². The molecular formula is C23H17NO6S. The number of benzene rings is 2. The smallest absolute Gasteiger partial charge is 0.338 e. The molecule has 0 aliphatic heterocycles. The molecule has 0 radical (unpaired) electrons. The Balaban J connectivity index is 1.44. The van der Waals surface area contributed by atoms with Gasteiger partial charge in [0.15, 0.2) is 0 Å². The molecule has 0 spiro atoms. The monoisotopic (exact) mass is 435 g/mol. The molecule has 2 aromatic carbocycles. The van der Waals surface area contributed by atoms with Crippen molar-refractivity contribution in [1.82, 2.24) is 0 Å². The molecule has 0 atom stereocenters. The Morgan fingerprint density at radius 1 is 1.06 bits per heavy atom. The summed E-state index contributed by atoms with van der Waals surface area (Å²) in [6.07, 6.45) is 0. The van der Waals surface area contributed by atoms with Crippen LogP contribution in [0, 0.1) is 0 Å². The fourth-order valence-corrected chi connectivity index (χ4v) is 3.59. The lowest BCUT2D eigenvalue weighted by Crippen LogP contribution is -2.11. The molecule has 1 N–H and O–H groups in total. The number of hydrogen-bond acceptors (Lipinski definition) is 7. The van der Waals surface area contributed by atoms with Gasteiger partial charge in [0.2, 0.25) is 0 Å². The molecule has 0 unspecified atom stereocenters. The van der Waals surface area contributed by atoms with Crippen LogP contribution in [0.4, 0.5) is 5.69 Å². The summed E-state index contributed by atoms with van der Waals surface area (Å²) in [4.78, 5) is 37.0. The fourth-order valence-electron chi connectivity index (χ4n) is 2.97. The van der Waals surface area contributed by atoms with Gasteiger partial charge >= 0.3 is 11.6 Å². The van der Waals surface area contributed by atoms with Crippen LogP contribution in [0.15, 0.2) is 75.3 Å². The summed E-state index contributed by atoms with van der Waals surface area (Å²) in [5.74, 6) is -0.209. The Bertz CT molecular complexity index is 1290. The van der Waals surface area contributed by atoms with Crippen LogP contribution in [0.1, 0.15) is 25.6 Å². The largest absolute Gasteiger partial charge is 0.497 e. The first-order valence-electron chi connectivity index (χ1n) is 9.26. The van der Waals surface area contributed by atoms with E-state index in [9.17, 15) is 14.4 Å². The van der Waals surface area contributed by atoms with E-state index in [2.05, 4.69) is 5.32 Å². The van der Waals surface area contributed by atoms with Crippen molar-refractivity contribution in [2.24, 2.45) is 0 Å². The Morgan fingerprint density at radius 3 is 2.58 bits per heavy atom. The summed E-state index contributed by atoms with van der Waals surface area (Å²) < 4.78 is 15.7. The number of nitrogens with one attached hydrogen (secondary N) is 1. The predicted molar refractivity (Wildman–Crippen MR) is 117 cm³/mol. The van der Waals surface area contributed by atoms with Crippen molar-refractivity contribution in [3.05, 3.63) is 92.5 Å². The fraction of sp³-hybridized carbons (Fsp3) is 0.0870. The minimum Gasteiger partial charge on any atom is -0.497 e. The maximum absolute atomic E-state index is 12.4. The molecule has 0 aliphatic carbocycles. The highest BCUT2D eigenvalue weighted by atomic mass is 32.1. The minimum atomic E-state index is -0.550. The highest BCUT2D eigenvalue weighted by Crippen LogP contribution is 2.23. The average Bonchev–Trinajstić information content (AvgIpc) is 3.32. The third-order valence-corrected chi connectivity index (χ3v) is 5.39. The molecule has 2 aromatic heterocycles. The van der Waals surface area contributed by atoms with Crippen LogP contribution in [0.25, 0.3) is 11.0 Å². The zero-order valence-corrected chi connectivity index (χ0v) is 17.2. The molecule has 0 fully saturated rings. The summed E-state index contributed by atoms with van der Waals surface area (Å²) in [6.45, 7) is -0.0931. The first kappa shape index (κ1) is 20.4. The number of thiophene rings is 1. The van der Waals surface area contributed by atoms with Gasteiger partial charge in [-0.05, 0) is 47.8 Å². The lowest BCUT2D eigenvalue weighted by atomic mass is 10.1. The SMILES string of the molecule is COc1ccc2c(COC(=O)c3ccc(NC(=O)c4cccs4)cc3)cc(=O)oc2c1. The van der Waals surface area contributed by atoms with E-state index in [0.717, 1.165) is 0 Å². The van der Waals surface area contributed by atoms with Crippen molar-refractivity contribution < 1.29 is 23.5 Å². The van der Waals surface area contributed by atoms with E-state index in [-0.39, 0.29) is 12.5 Å². The average molecular weight is 435 g/mol. The highest BCUT2D eigenvalue weighted by molar-refractivity contribution is 7.12. The van der Waals surface area contributed by atoms with Gasteiger partial charge in [-0.15, -0.1) is 11.3 Å². The number of methoxy groups -OCH3 is 1. The van der Waals surface area contributed by atoms with E-state index >= 15 is 0 Å². The highest BCUT2D eigenvalue weighted by Gasteiger charge is 2.12. The van der Waals surface area contributed by atoms with Gasteiger partial charge in [-0.3, -0.25) is 4.79 Å². The summed E-state index contributed by atoms with van der Waals surface area (Å²) in [7, 11) is 1.52. The molecule has 4 aromatic rings. The molecule has 8 heteroatoms. The first-order chi connectivity index (χ1) is 15.0. The quantitative estimate of drug-likeness (QED) is 0.355. The zero-order chi connectivity index (χ0) is 21.8. The van der Waals surface area contributed by atoms with Crippen LogP contribution in [0.2, 0.25) is 0 Å². The lowest BCUT2D eigenvalue weighted by molar-refractivity contribution is 0.0474. The Hall–Kier alpha value is -3.91. The Morgan fingerprint density at radius 2 is 1.87 bits per heavy atom. The van der Waals surface area contributed by atoms with E-state index in [1.165, 1.54) is 24.5 Å². The van der Waals surface area contributed by atoms with E-state index in [1.54, 1.807) is 54.6 Å². The van der Waals surface area contributed by atoms with E-state index in [0.29, 0.717) is 38.4 Å². The lowest BCUT2D eigenvalue weighted by Gasteiger charge is -2.09. The van der Waals surface area contributed by atoms with Crippen LogP contribution in [0.5, 0.6) is 5.75 Å². The number of ether oxygens (including phenoxy) is 2. The molecule has 156 valence electrons. The number of carbonyl (C=O) groups excluding carboxylic acids is 2. The Labute approximate surface area is 180 Å². The van der Waals surface area contributed by atoms with Crippen LogP contribution in [-0.2, 0) is 11.3 Å². The Kier molecular flexibility index (Phi) is 5.81. The van der Waals surface area contributed by atoms with Crippen LogP contribution in [0.3, 0.4) is 0 Å². The van der Waals surface area contributed by atoms with Crippen molar-refractivity contribution in [2.45, 2.75) is 6.61 Å². The van der Waals surface area contributed by atoms with Gasteiger partial charge in [0, 0.05) is 28.8 Å². The number of esters is 1. The topological polar surface area (TPSA) is 94.8 Å². The summed E-state index contributed by atoms with van der Waals surface area (Å²) in [5.41, 5.74) is 1.22. The van der Waals surface area contributed by atoms with E-state index in [1.807, 2.05) is 5.38 Å². The molecular weight excluding hydrogens is 418 g/mol. The molecule has 2 heterocycles. The molecule has 7 nitrogen and oxygen atoms in total. The minimum absolute atomic E-state index is 0.0931. The number of anilines is 1. The number of hydrogen-bond donors (Lipinski definition) is 1. The third-order valence-electron chi connectivity index (χ3n) is 4.52. The van der Waals surface area contributed by atoms with Gasteiger partial charge in [0.1, 0.15) is 17.9 Å². The van der Waals surface area contributed by atoms with E-state index in [4.69, 9.17) is 13.9 Å². The first-order valence-corrected chi connectivity index (χ1v) is 10.1. The molecule has 0 bridgehead atoms. The molecule has 0 saturated heterocycles. The molecule has 1 amide bonds. The van der Waals surface area contributed by atoms with Gasteiger partial charge < -0.3 is 19.2 Å². The van der Waals surface area contributed by atoms with Crippen molar-refractivity contribution in [2.75, 3.05) is 12.4 Å². The second-order valence-corrected chi connectivity index (χ2v) is 7.49. The van der Waals surface area contributed by atoms with Gasteiger partial charge in [0.25, 0.3) is 5.91 Å². The summed E-state index contributed by atoms with van der Waals surface area (Å²) >= 11 is 1.34. The normalized spacial score (nSPS) is 10.6. The molecule has 0 aliphatic rings. The molecule has 4 rings (SSSR count). The number of amides is 1. The van der Waals surface area contributed by atoms with Gasteiger partial charge in [-0.25, -0.2) is 9.59 Å². The maximum atomic E-state index is 12.4. The predicted octanol–water partition coefficient (Wildman–Crippen LogP) is 4.47. The van der Waals surface area contributed by atoms with E-state index < -0.39 is 11.6 Å². The second kappa shape index (κ2) is 8.85. The number of carbonyl (C=O) groups is 2. The number of fused-ring (bicyclic) bond motifs is 1. The van der Waals surface area contributed by atoms with Crippen molar-refractivity contribution >= 4 is 39.9 Å². The van der Waals surface area contributed by atoms with Gasteiger partial charge in [-0.2, -0.15) is 0 Å². The second-order valence-electron chi connectivity index (χ2n) is 6.54. The van der Waals surface area contributed by atoms with Crippen LogP contribution in [-0.4, -0.2) is 19.0 Å². The molecule has 31 heavy (non-hydrogen) atoms. The van der Waals surface area contributed by atoms with Crippen molar-refractivity contribution in [1.29, 1.82) is 0 Å². The van der Waals surface area contributed by atoms with Gasteiger partial charge in [-0.1, -0.05) is 6.07 Å². The summed E-state index contributed by atoms with van der Waals surface area (Å²) in [6, 6.07) is 16.3. The standard InChI is InChI=1S/C23H17NO6S/c1-28-17-8-9-18-15(11-21(25)30-19(18)12-17)13-29-23(27)14-4-6-16(7-5-14)24-22(26)20-3-2-10-31-20/h2-12H,13H2,1H3,(H,24,26).